The summed E-state index contributed by atoms with van der Waals surface area (Å²) in [5.41, 5.74) is 10.1. The molecule has 0 aromatic rings. The number of hydrogen-bond acceptors (Lipinski definition) is 2. The Morgan fingerprint density at radius 2 is 1.64 bits per heavy atom. The Hall–Kier alpha value is -0.220. The van der Waals surface area contributed by atoms with Crippen LogP contribution in [-0.2, 0) is 0 Å². The van der Waals surface area contributed by atoms with Gasteiger partial charge in [0, 0.05) is 6.04 Å². The summed E-state index contributed by atoms with van der Waals surface area (Å²) in [5, 5.41) is 0. The summed E-state index contributed by atoms with van der Waals surface area (Å²) in [7, 11) is 0. The maximum absolute atomic E-state index is 11.0. The van der Waals surface area contributed by atoms with E-state index in [2.05, 4.69) is 5.73 Å². The maximum atomic E-state index is 11.0. The van der Waals surface area contributed by atoms with Gasteiger partial charge >= 0.3 is 0 Å². The second kappa shape index (κ2) is 5.43. The molecule has 1 aliphatic rings. The fourth-order valence-electron chi connectivity index (χ4n) is 0.440. The SMILES string of the molecule is CC(N)C(F)F.NC1CCC1. The molecule has 0 aromatic carbocycles. The number of nitrogens with two attached hydrogens (primary N) is 2. The van der Waals surface area contributed by atoms with Crippen LogP contribution in [0.15, 0.2) is 0 Å². The van der Waals surface area contributed by atoms with E-state index < -0.39 is 12.5 Å². The van der Waals surface area contributed by atoms with Gasteiger partial charge in [0.2, 0.25) is 0 Å². The van der Waals surface area contributed by atoms with Gasteiger partial charge in [0.15, 0.2) is 0 Å². The van der Waals surface area contributed by atoms with Crippen LogP contribution in [0, 0.1) is 0 Å². The molecule has 1 unspecified atom stereocenters. The standard InChI is InChI=1S/C4H9N.C3H7F2N/c5-4-2-1-3-4;1-2(6)3(4)5/h4H,1-3,5H2;2-3H,6H2,1H3. The predicted molar refractivity (Wildman–Crippen MR) is 41.5 cm³/mol. The van der Waals surface area contributed by atoms with Crippen molar-refractivity contribution in [1.82, 2.24) is 0 Å². The molecule has 68 valence electrons. The van der Waals surface area contributed by atoms with Gasteiger partial charge in [0.1, 0.15) is 0 Å². The second-order valence-corrected chi connectivity index (χ2v) is 2.88. The first kappa shape index (κ1) is 10.8. The average molecular weight is 166 g/mol. The number of rotatable bonds is 1. The van der Waals surface area contributed by atoms with Crippen molar-refractivity contribution in [3.8, 4) is 0 Å². The summed E-state index contributed by atoms with van der Waals surface area (Å²) in [6.07, 6.45) is 1.52. The van der Waals surface area contributed by atoms with Crippen LogP contribution in [0.3, 0.4) is 0 Å². The second-order valence-electron chi connectivity index (χ2n) is 2.88. The molecule has 1 saturated carbocycles. The summed E-state index contributed by atoms with van der Waals surface area (Å²) < 4.78 is 22.1. The molecule has 0 saturated heterocycles. The van der Waals surface area contributed by atoms with Gasteiger partial charge < -0.3 is 11.5 Å². The highest BCUT2D eigenvalue weighted by Gasteiger charge is 2.09. The minimum absolute atomic E-state index is 0.565. The predicted octanol–water partition coefficient (Wildman–Crippen LogP) is 1.10. The van der Waals surface area contributed by atoms with Crippen LogP contribution in [0.25, 0.3) is 0 Å². The van der Waals surface area contributed by atoms with Crippen molar-refractivity contribution in [2.75, 3.05) is 0 Å². The Bertz CT molecular complexity index is 86.4. The average Bonchev–Trinajstić information content (AvgIpc) is 1.85. The fraction of sp³-hybridized carbons (Fsp3) is 1.00. The molecule has 0 radical (unpaired) electrons. The van der Waals surface area contributed by atoms with E-state index >= 15 is 0 Å². The third kappa shape index (κ3) is 6.19. The molecular formula is C7H16F2N2. The Balaban J connectivity index is 0.000000183. The van der Waals surface area contributed by atoms with E-state index in [9.17, 15) is 8.78 Å². The zero-order valence-electron chi connectivity index (χ0n) is 6.76. The minimum Gasteiger partial charge on any atom is -0.328 e. The monoisotopic (exact) mass is 166 g/mol. The van der Waals surface area contributed by atoms with Crippen molar-refractivity contribution in [2.45, 2.75) is 44.7 Å². The van der Waals surface area contributed by atoms with Crippen LogP contribution < -0.4 is 11.5 Å². The zero-order valence-corrected chi connectivity index (χ0v) is 6.76. The molecule has 11 heavy (non-hydrogen) atoms. The Kier molecular flexibility index (Phi) is 5.32. The maximum Gasteiger partial charge on any atom is 0.253 e. The van der Waals surface area contributed by atoms with Crippen molar-refractivity contribution in [1.29, 1.82) is 0 Å². The topological polar surface area (TPSA) is 52.0 Å². The molecule has 1 rings (SSSR count). The van der Waals surface area contributed by atoms with Crippen molar-refractivity contribution < 1.29 is 8.78 Å². The molecule has 1 fully saturated rings. The molecule has 4 heteroatoms. The highest BCUT2D eigenvalue weighted by molar-refractivity contribution is 4.70. The van der Waals surface area contributed by atoms with Crippen molar-refractivity contribution in [3.05, 3.63) is 0 Å². The molecule has 0 spiro atoms. The summed E-state index contributed by atoms with van der Waals surface area (Å²) in [5.74, 6) is 0. The van der Waals surface area contributed by atoms with Gasteiger partial charge in [-0.05, 0) is 19.8 Å². The molecule has 0 aliphatic heterocycles. The molecule has 0 bridgehead atoms. The van der Waals surface area contributed by atoms with Gasteiger partial charge in [-0.1, -0.05) is 6.42 Å². The van der Waals surface area contributed by atoms with E-state index in [1.165, 1.54) is 26.2 Å². The third-order valence-corrected chi connectivity index (χ3v) is 1.55. The highest BCUT2D eigenvalue weighted by atomic mass is 19.3. The molecule has 4 N–H and O–H groups in total. The summed E-state index contributed by atoms with van der Waals surface area (Å²) in [6, 6.07) is -0.417. The molecule has 1 atom stereocenters. The largest absolute Gasteiger partial charge is 0.328 e. The summed E-state index contributed by atoms with van der Waals surface area (Å²) in [4.78, 5) is 0. The highest BCUT2D eigenvalue weighted by Crippen LogP contribution is 2.14. The minimum atomic E-state index is -2.37. The van der Waals surface area contributed by atoms with Crippen LogP contribution in [0.4, 0.5) is 8.78 Å². The van der Waals surface area contributed by atoms with E-state index in [4.69, 9.17) is 5.73 Å². The van der Waals surface area contributed by atoms with E-state index in [1.54, 1.807) is 0 Å². The lowest BCUT2D eigenvalue weighted by molar-refractivity contribution is 0.123. The number of alkyl halides is 2. The van der Waals surface area contributed by atoms with Crippen LogP contribution >= 0.6 is 0 Å². The molecule has 2 nitrogen and oxygen atoms in total. The lowest BCUT2D eigenvalue weighted by atomic mass is 9.95. The lowest BCUT2D eigenvalue weighted by Gasteiger charge is -2.18. The molecule has 0 heterocycles. The first-order valence-corrected chi connectivity index (χ1v) is 3.83. The van der Waals surface area contributed by atoms with Crippen LogP contribution in [0.2, 0.25) is 0 Å². The molecule has 0 amide bonds. The first-order chi connectivity index (χ1) is 5.04. The van der Waals surface area contributed by atoms with Gasteiger partial charge in [-0.2, -0.15) is 0 Å². The van der Waals surface area contributed by atoms with Gasteiger partial charge in [-0.3, -0.25) is 0 Å². The van der Waals surface area contributed by atoms with Gasteiger partial charge in [0.25, 0.3) is 6.43 Å². The van der Waals surface area contributed by atoms with Crippen LogP contribution in [0.1, 0.15) is 26.2 Å². The van der Waals surface area contributed by atoms with Gasteiger partial charge in [-0.25, -0.2) is 8.78 Å². The third-order valence-electron chi connectivity index (χ3n) is 1.55. The molecule has 0 aromatic heterocycles. The Morgan fingerprint density at radius 3 is 1.64 bits per heavy atom. The van der Waals surface area contributed by atoms with Gasteiger partial charge in [-0.15, -0.1) is 0 Å². The quantitative estimate of drug-likeness (QED) is 0.612. The Morgan fingerprint density at radius 1 is 1.36 bits per heavy atom. The Labute approximate surface area is 65.9 Å². The van der Waals surface area contributed by atoms with Crippen molar-refractivity contribution in [2.24, 2.45) is 11.5 Å². The summed E-state index contributed by atoms with van der Waals surface area (Å²) in [6.45, 7) is 1.27. The van der Waals surface area contributed by atoms with E-state index in [0.29, 0.717) is 6.04 Å². The molecular weight excluding hydrogens is 150 g/mol. The van der Waals surface area contributed by atoms with Crippen molar-refractivity contribution >= 4 is 0 Å². The van der Waals surface area contributed by atoms with Crippen LogP contribution in [-0.4, -0.2) is 18.5 Å². The van der Waals surface area contributed by atoms with Crippen molar-refractivity contribution in [3.63, 3.8) is 0 Å². The lowest BCUT2D eigenvalue weighted by Crippen LogP contribution is -2.27. The normalized spacial score (nSPS) is 20.2. The smallest absolute Gasteiger partial charge is 0.253 e. The zero-order chi connectivity index (χ0) is 8.85. The van der Waals surface area contributed by atoms with E-state index in [-0.39, 0.29) is 0 Å². The first-order valence-electron chi connectivity index (χ1n) is 3.83. The van der Waals surface area contributed by atoms with Gasteiger partial charge in [0.05, 0.1) is 6.04 Å². The number of hydrogen-bond donors (Lipinski definition) is 2. The van der Waals surface area contributed by atoms with E-state index in [0.717, 1.165) is 0 Å². The number of halogens is 2. The molecule has 1 aliphatic carbocycles. The summed E-state index contributed by atoms with van der Waals surface area (Å²) >= 11 is 0. The van der Waals surface area contributed by atoms with E-state index in [1.807, 2.05) is 0 Å². The fourth-order valence-corrected chi connectivity index (χ4v) is 0.440. The van der Waals surface area contributed by atoms with Crippen LogP contribution in [0.5, 0.6) is 0 Å².